The molecule has 0 aromatic heterocycles. The van der Waals surface area contributed by atoms with Gasteiger partial charge in [-0.3, -0.25) is 4.79 Å². The van der Waals surface area contributed by atoms with Gasteiger partial charge >= 0.3 is 0 Å². The lowest BCUT2D eigenvalue weighted by molar-refractivity contribution is 0.0743. The van der Waals surface area contributed by atoms with E-state index in [4.69, 9.17) is 5.73 Å². The average Bonchev–Trinajstić information content (AvgIpc) is 2.49. The van der Waals surface area contributed by atoms with Crippen LogP contribution in [0.4, 0.5) is 0 Å². The van der Waals surface area contributed by atoms with Crippen molar-refractivity contribution in [1.29, 1.82) is 0 Å². The minimum absolute atomic E-state index is 0.0211. The van der Waals surface area contributed by atoms with Crippen LogP contribution in [0, 0.1) is 11.8 Å². The fourth-order valence-electron chi connectivity index (χ4n) is 1.98. The number of hydrogen-bond acceptors (Lipinski definition) is 3. The van der Waals surface area contributed by atoms with Gasteiger partial charge in [0.2, 0.25) is 0 Å². The maximum absolute atomic E-state index is 12.6. The molecule has 2 N–H and O–H groups in total. The van der Waals surface area contributed by atoms with Crippen molar-refractivity contribution in [3.8, 4) is 11.8 Å². The summed E-state index contributed by atoms with van der Waals surface area (Å²) in [6.07, 6.45) is 3.00. The summed E-state index contributed by atoms with van der Waals surface area (Å²) < 4.78 is 0. The van der Waals surface area contributed by atoms with Crippen LogP contribution >= 0.6 is 11.8 Å². The van der Waals surface area contributed by atoms with Gasteiger partial charge in [-0.15, -0.1) is 0 Å². The number of thioether (sulfide) groups is 1. The Morgan fingerprint density at radius 3 is 2.75 bits per heavy atom. The third-order valence-electron chi connectivity index (χ3n) is 3.18. The van der Waals surface area contributed by atoms with Gasteiger partial charge in [-0.1, -0.05) is 30.9 Å². The lowest BCUT2D eigenvalue weighted by atomic mass is 10.1. The van der Waals surface area contributed by atoms with Crippen LogP contribution < -0.4 is 5.73 Å². The van der Waals surface area contributed by atoms with Crippen molar-refractivity contribution in [3.05, 3.63) is 35.4 Å². The summed E-state index contributed by atoms with van der Waals surface area (Å²) in [5.41, 5.74) is 6.79. The molecule has 4 heteroatoms. The Balaban J connectivity index is 3.02. The third kappa shape index (κ3) is 4.29. The minimum Gasteiger partial charge on any atom is -0.338 e. The zero-order chi connectivity index (χ0) is 15.0. The van der Waals surface area contributed by atoms with Gasteiger partial charge < -0.3 is 10.6 Å². The Hall–Kier alpha value is -1.44. The van der Waals surface area contributed by atoms with Crippen molar-refractivity contribution < 1.29 is 4.79 Å². The molecule has 1 rings (SSSR count). The highest BCUT2D eigenvalue weighted by Gasteiger charge is 2.20. The van der Waals surface area contributed by atoms with Gasteiger partial charge in [0, 0.05) is 24.4 Å². The molecule has 1 aromatic rings. The van der Waals surface area contributed by atoms with E-state index in [2.05, 4.69) is 25.0 Å². The first kappa shape index (κ1) is 16.6. The quantitative estimate of drug-likeness (QED) is 0.846. The second kappa shape index (κ2) is 8.68. The maximum atomic E-state index is 12.6. The van der Waals surface area contributed by atoms with Crippen LogP contribution in [0.1, 0.15) is 29.3 Å². The Kier molecular flexibility index (Phi) is 7.21. The molecule has 0 aliphatic heterocycles. The standard InChI is InChI=1S/C16H22N2OS/c1-4-14(12-20-3)18(2)16(19)15-10-6-5-8-13(15)9-7-11-17/h5-6,8,10,14H,4,11-12,17H2,1-3H3. The minimum atomic E-state index is 0.0211. The first-order valence-corrected chi connectivity index (χ1v) is 8.09. The highest BCUT2D eigenvalue weighted by Crippen LogP contribution is 2.15. The number of hydrogen-bond donors (Lipinski definition) is 1. The van der Waals surface area contributed by atoms with Crippen LogP contribution in [0.3, 0.4) is 0 Å². The van der Waals surface area contributed by atoms with Crippen LogP contribution in [-0.4, -0.2) is 42.4 Å². The molecule has 0 bridgehead atoms. The molecule has 0 radical (unpaired) electrons. The molecular weight excluding hydrogens is 268 g/mol. The van der Waals surface area contributed by atoms with Crippen molar-refractivity contribution in [2.24, 2.45) is 5.73 Å². The van der Waals surface area contributed by atoms with Crippen molar-refractivity contribution >= 4 is 17.7 Å². The SMILES string of the molecule is CCC(CSC)N(C)C(=O)c1ccccc1C#CCN. The molecular formula is C16H22N2OS. The predicted octanol–water partition coefficient (Wildman–Crippen LogP) is 2.21. The Morgan fingerprint density at radius 1 is 1.45 bits per heavy atom. The van der Waals surface area contributed by atoms with Crippen molar-refractivity contribution in [3.63, 3.8) is 0 Å². The topological polar surface area (TPSA) is 46.3 Å². The summed E-state index contributed by atoms with van der Waals surface area (Å²) in [4.78, 5) is 14.4. The zero-order valence-corrected chi connectivity index (χ0v) is 13.2. The van der Waals surface area contributed by atoms with Gasteiger partial charge in [0.25, 0.3) is 5.91 Å². The van der Waals surface area contributed by atoms with Gasteiger partial charge in [-0.25, -0.2) is 0 Å². The summed E-state index contributed by atoms with van der Waals surface area (Å²) in [7, 11) is 1.86. The third-order valence-corrected chi connectivity index (χ3v) is 3.90. The number of nitrogens with zero attached hydrogens (tertiary/aromatic N) is 1. The molecule has 0 aliphatic rings. The Morgan fingerprint density at radius 2 is 2.15 bits per heavy atom. The van der Waals surface area contributed by atoms with Gasteiger partial charge in [0.15, 0.2) is 0 Å². The highest BCUT2D eigenvalue weighted by molar-refractivity contribution is 7.98. The number of rotatable bonds is 5. The summed E-state index contributed by atoms with van der Waals surface area (Å²) in [5, 5.41) is 0. The maximum Gasteiger partial charge on any atom is 0.255 e. The van der Waals surface area contributed by atoms with Crippen LogP contribution in [0.25, 0.3) is 0 Å². The second-order valence-corrected chi connectivity index (χ2v) is 5.40. The first-order chi connectivity index (χ1) is 9.65. The van der Waals surface area contributed by atoms with Gasteiger partial charge in [0.1, 0.15) is 0 Å². The average molecular weight is 290 g/mol. The molecule has 1 unspecified atom stereocenters. The smallest absolute Gasteiger partial charge is 0.255 e. The van der Waals surface area contributed by atoms with E-state index in [0.717, 1.165) is 17.7 Å². The lowest BCUT2D eigenvalue weighted by Crippen LogP contribution is -2.38. The highest BCUT2D eigenvalue weighted by atomic mass is 32.2. The number of carbonyl (C=O) groups is 1. The molecule has 0 fully saturated rings. The fraction of sp³-hybridized carbons (Fsp3) is 0.438. The predicted molar refractivity (Wildman–Crippen MR) is 86.9 cm³/mol. The van der Waals surface area contributed by atoms with E-state index in [9.17, 15) is 4.79 Å². The van der Waals surface area contributed by atoms with Crippen LogP contribution in [0.5, 0.6) is 0 Å². The number of amides is 1. The molecule has 1 aromatic carbocycles. The summed E-state index contributed by atoms with van der Waals surface area (Å²) in [6.45, 7) is 2.40. The summed E-state index contributed by atoms with van der Waals surface area (Å²) in [6, 6.07) is 7.68. The Bertz CT molecular complexity index is 505. The van der Waals surface area contributed by atoms with Crippen LogP contribution in [0.2, 0.25) is 0 Å². The molecule has 0 aliphatic carbocycles. The summed E-state index contributed by atoms with van der Waals surface area (Å²) >= 11 is 1.75. The van der Waals surface area contributed by atoms with Gasteiger partial charge in [-0.2, -0.15) is 11.8 Å². The van der Waals surface area contributed by atoms with Crippen LogP contribution in [-0.2, 0) is 0 Å². The molecule has 20 heavy (non-hydrogen) atoms. The van der Waals surface area contributed by atoms with Crippen molar-refractivity contribution in [2.75, 3.05) is 25.6 Å². The molecule has 0 saturated carbocycles. The van der Waals surface area contributed by atoms with E-state index in [0.29, 0.717) is 12.1 Å². The zero-order valence-electron chi connectivity index (χ0n) is 12.3. The molecule has 0 saturated heterocycles. The molecule has 108 valence electrons. The molecule has 3 nitrogen and oxygen atoms in total. The molecule has 1 amide bonds. The number of carbonyl (C=O) groups excluding carboxylic acids is 1. The fourth-order valence-corrected chi connectivity index (χ4v) is 2.82. The van der Waals surface area contributed by atoms with Crippen molar-refractivity contribution in [1.82, 2.24) is 4.90 Å². The van der Waals surface area contributed by atoms with Crippen LogP contribution in [0.15, 0.2) is 24.3 Å². The first-order valence-electron chi connectivity index (χ1n) is 6.69. The van der Waals surface area contributed by atoms with E-state index in [1.54, 1.807) is 11.8 Å². The van der Waals surface area contributed by atoms with E-state index in [1.165, 1.54) is 0 Å². The Labute approximate surface area is 125 Å². The monoisotopic (exact) mass is 290 g/mol. The van der Waals surface area contributed by atoms with Gasteiger partial charge in [-0.05, 0) is 24.8 Å². The summed E-state index contributed by atoms with van der Waals surface area (Å²) in [5.74, 6) is 6.74. The van der Waals surface area contributed by atoms with E-state index in [1.807, 2.05) is 36.2 Å². The largest absolute Gasteiger partial charge is 0.338 e. The molecule has 0 spiro atoms. The number of benzene rings is 1. The molecule has 0 heterocycles. The second-order valence-electron chi connectivity index (χ2n) is 4.48. The molecule has 1 atom stereocenters. The normalized spacial score (nSPS) is 11.4. The number of nitrogens with two attached hydrogens (primary N) is 1. The lowest BCUT2D eigenvalue weighted by Gasteiger charge is -2.27. The van der Waals surface area contributed by atoms with E-state index in [-0.39, 0.29) is 11.9 Å². The van der Waals surface area contributed by atoms with E-state index >= 15 is 0 Å². The van der Waals surface area contributed by atoms with Crippen molar-refractivity contribution in [2.45, 2.75) is 19.4 Å². The van der Waals surface area contributed by atoms with E-state index < -0.39 is 0 Å². The van der Waals surface area contributed by atoms with Gasteiger partial charge in [0.05, 0.1) is 12.1 Å².